The number of nitrogens with one attached hydrogen (secondary N) is 3. The Kier molecular flexibility index (Phi) is 8.14. The van der Waals surface area contributed by atoms with Gasteiger partial charge in [-0.2, -0.15) is 0 Å². The zero-order valence-electron chi connectivity index (χ0n) is 26.2. The average Bonchev–Trinajstić information content (AvgIpc) is 3.26. The molecule has 2 amide bonds. The van der Waals surface area contributed by atoms with Gasteiger partial charge in [-0.15, -0.1) is 0 Å². The summed E-state index contributed by atoms with van der Waals surface area (Å²) in [5.74, 6) is 1.16. The number of ether oxygens (including phenoxy) is 3. The molecule has 0 bridgehead atoms. The molecular weight excluding hydrogens is 572 g/mol. The highest BCUT2D eigenvalue weighted by atomic mass is 16.5. The molecule has 1 aromatic heterocycles. The molecular formula is C35H38N4O6. The molecule has 3 aromatic carbocycles. The highest BCUT2D eigenvalue weighted by Crippen LogP contribution is 2.50. The minimum atomic E-state index is -0.650. The Morgan fingerprint density at radius 3 is 2.51 bits per heavy atom. The van der Waals surface area contributed by atoms with Crippen LogP contribution in [-0.2, 0) is 29.0 Å². The molecule has 0 saturated carbocycles. The van der Waals surface area contributed by atoms with Crippen molar-refractivity contribution < 1.29 is 23.8 Å². The van der Waals surface area contributed by atoms with E-state index in [4.69, 9.17) is 14.2 Å². The number of anilines is 1. The summed E-state index contributed by atoms with van der Waals surface area (Å²) in [5.41, 5.74) is 6.48. The van der Waals surface area contributed by atoms with Gasteiger partial charge in [-0.1, -0.05) is 24.3 Å². The minimum absolute atomic E-state index is 0.0910. The van der Waals surface area contributed by atoms with Crippen molar-refractivity contribution in [3.05, 3.63) is 81.1 Å². The first-order valence-electron chi connectivity index (χ1n) is 15.1. The number of hydrogen-bond acceptors (Lipinski definition) is 7. The van der Waals surface area contributed by atoms with Crippen LogP contribution in [0.1, 0.15) is 48.7 Å². The monoisotopic (exact) mass is 610 g/mol. The third-order valence-corrected chi connectivity index (χ3v) is 8.85. The number of hydrogen-bond donors (Lipinski definition) is 3. The van der Waals surface area contributed by atoms with Crippen molar-refractivity contribution in [1.82, 2.24) is 15.2 Å². The molecule has 3 N–H and O–H groups in total. The lowest BCUT2D eigenvalue weighted by Gasteiger charge is -2.30. The Morgan fingerprint density at radius 2 is 1.78 bits per heavy atom. The van der Waals surface area contributed by atoms with E-state index < -0.39 is 12.1 Å². The van der Waals surface area contributed by atoms with Crippen LogP contribution >= 0.6 is 0 Å². The highest BCUT2D eigenvalue weighted by molar-refractivity contribution is 5.88. The summed E-state index contributed by atoms with van der Waals surface area (Å²) < 4.78 is 17.1. The zero-order valence-corrected chi connectivity index (χ0v) is 26.2. The fourth-order valence-corrected chi connectivity index (χ4v) is 6.78. The SMILES string of the molecule is COc1cc2c(c(OC)c1OC)-c1ccc(NC(C)C(=O)N3CCc4c([nH]c5ccccc45)C3)c(=O)cc1C(NC(C)=O)CC2. The van der Waals surface area contributed by atoms with E-state index in [0.717, 1.165) is 34.3 Å². The van der Waals surface area contributed by atoms with Crippen molar-refractivity contribution >= 4 is 28.4 Å². The lowest BCUT2D eigenvalue weighted by Crippen LogP contribution is -2.44. The molecule has 4 aromatic rings. The van der Waals surface area contributed by atoms with Gasteiger partial charge in [0.2, 0.25) is 23.0 Å². The molecule has 0 radical (unpaired) electrons. The number of methoxy groups -OCH3 is 3. The number of rotatable bonds is 7. The predicted molar refractivity (Wildman–Crippen MR) is 173 cm³/mol. The molecule has 2 heterocycles. The summed E-state index contributed by atoms with van der Waals surface area (Å²) in [6, 6.07) is 14.1. The highest BCUT2D eigenvalue weighted by Gasteiger charge is 2.31. The lowest BCUT2D eigenvalue weighted by atomic mass is 9.95. The topological polar surface area (TPSA) is 122 Å². The number of carbonyl (C=O) groups is 2. The van der Waals surface area contributed by atoms with Gasteiger partial charge in [0.05, 0.1) is 39.6 Å². The maximum atomic E-state index is 13.7. The van der Waals surface area contributed by atoms with E-state index in [-0.39, 0.29) is 22.9 Å². The second-order valence-corrected chi connectivity index (χ2v) is 11.6. The quantitative estimate of drug-likeness (QED) is 0.277. The summed E-state index contributed by atoms with van der Waals surface area (Å²) >= 11 is 0. The first-order chi connectivity index (χ1) is 21.7. The molecule has 6 rings (SSSR count). The second-order valence-electron chi connectivity index (χ2n) is 11.6. The van der Waals surface area contributed by atoms with E-state index in [1.807, 2.05) is 35.2 Å². The van der Waals surface area contributed by atoms with E-state index in [2.05, 4.69) is 21.7 Å². The van der Waals surface area contributed by atoms with Crippen LogP contribution in [0.2, 0.25) is 0 Å². The molecule has 0 fully saturated rings. The smallest absolute Gasteiger partial charge is 0.245 e. The van der Waals surface area contributed by atoms with E-state index in [0.29, 0.717) is 48.7 Å². The van der Waals surface area contributed by atoms with Crippen LogP contribution in [0.4, 0.5) is 5.69 Å². The number of fused-ring (bicyclic) bond motifs is 6. The molecule has 2 atom stereocenters. The van der Waals surface area contributed by atoms with Gasteiger partial charge in [0.25, 0.3) is 0 Å². The van der Waals surface area contributed by atoms with Gasteiger partial charge >= 0.3 is 0 Å². The molecule has 1 aliphatic carbocycles. The molecule has 45 heavy (non-hydrogen) atoms. The van der Waals surface area contributed by atoms with Gasteiger partial charge in [0, 0.05) is 35.6 Å². The molecule has 2 unspecified atom stereocenters. The van der Waals surface area contributed by atoms with Gasteiger partial charge in [-0.25, -0.2) is 0 Å². The molecule has 0 spiro atoms. The number of carbonyl (C=O) groups excluding carboxylic acids is 2. The van der Waals surface area contributed by atoms with Crippen LogP contribution in [0.15, 0.2) is 53.3 Å². The predicted octanol–water partition coefficient (Wildman–Crippen LogP) is 4.73. The summed E-state index contributed by atoms with van der Waals surface area (Å²) in [5, 5.41) is 7.41. The van der Waals surface area contributed by atoms with Crippen LogP contribution in [0.5, 0.6) is 17.2 Å². The Bertz CT molecular complexity index is 1870. The maximum absolute atomic E-state index is 13.7. The second kappa shape index (κ2) is 12.2. The van der Waals surface area contributed by atoms with Crippen LogP contribution in [0.3, 0.4) is 0 Å². The number of benzene rings is 2. The first kappa shape index (κ1) is 30.1. The van der Waals surface area contributed by atoms with E-state index in [1.165, 1.54) is 17.9 Å². The number of aromatic nitrogens is 1. The number of H-pyrrole nitrogens is 1. The Morgan fingerprint density at radius 1 is 1.00 bits per heavy atom. The third kappa shape index (κ3) is 5.45. The van der Waals surface area contributed by atoms with Crippen LogP contribution < -0.4 is 30.3 Å². The summed E-state index contributed by atoms with van der Waals surface area (Å²) in [6.07, 6.45) is 1.93. The third-order valence-electron chi connectivity index (χ3n) is 8.85. The Balaban J connectivity index is 1.35. The van der Waals surface area contributed by atoms with Gasteiger partial charge in [-0.05, 0) is 72.7 Å². The summed E-state index contributed by atoms with van der Waals surface area (Å²) in [7, 11) is 4.68. The van der Waals surface area contributed by atoms with Crippen molar-refractivity contribution in [3.8, 4) is 28.4 Å². The van der Waals surface area contributed by atoms with E-state index in [1.54, 1.807) is 40.4 Å². The van der Waals surface area contributed by atoms with Crippen LogP contribution in [-0.4, -0.2) is 55.6 Å². The number of aryl methyl sites for hydroxylation is 1. The van der Waals surface area contributed by atoms with Crippen molar-refractivity contribution in [2.45, 2.75) is 51.7 Å². The Hall–Kier alpha value is -4.99. The number of amides is 2. The minimum Gasteiger partial charge on any atom is -0.493 e. The van der Waals surface area contributed by atoms with Crippen molar-refractivity contribution in [2.24, 2.45) is 0 Å². The molecule has 2 aliphatic rings. The summed E-state index contributed by atoms with van der Waals surface area (Å²) in [6.45, 7) is 4.32. The lowest BCUT2D eigenvalue weighted by molar-refractivity contribution is -0.132. The molecule has 10 heteroatoms. The Labute approximate surface area is 261 Å². The summed E-state index contributed by atoms with van der Waals surface area (Å²) in [4.78, 5) is 44.9. The standard InChI is InChI=1S/C35H38N4O6/c1-19(35(42)39-15-14-23-22-8-6-7-9-26(22)38-29(23)18-39)36-28-13-11-24-25(17-30(28)41)27(37-20(2)40)12-10-21-16-31(43-3)33(44-4)34(45-5)32(21)24/h6-9,11,13,16-17,19,27,38H,10,12,14-15,18H2,1-5H3,(H,36,41)(H,37,40). The average molecular weight is 611 g/mol. The number of aromatic amines is 1. The zero-order chi connectivity index (χ0) is 31.8. The van der Waals surface area contributed by atoms with Crippen molar-refractivity contribution in [3.63, 3.8) is 0 Å². The van der Waals surface area contributed by atoms with Gasteiger partial charge in [-0.3, -0.25) is 14.4 Å². The fourth-order valence-electron chi connectivity index (χ4n) is 6.78. The van der Waals surface area contributed by atoms with Crippen LogP contribution in [0.25, 0.3) is 22.0 Å². The number of nitrogens with zero attached hydrogens (tertiary/aromatic N) is 1. The van der Waals surface area contributed by atoms with Crippen LogP contribution in [0, 0.1) is 0 Å². The first-order valence-corrected chi connectivity index (χ1v) is 15.1. The molecule has 1 aliphatic heterocycles. The van der Waals surface area contributed by atoms with Gasteiger partial charge < -0.3 is 34.7 Å². The largest absolute Gasteiger partial charge is 0.493 e. The van der Waals surface area contributed by atoms with Crippen molar-refractivity contribution in [1.29, 1.82) is 0 Å². The number of para-hydroxylation sites is 1. The molecule has 10 nitrogen and oxygen atoms in total. The maximum Gasteiger partial charge on any atom is 0.245 e. The normalized spacial score (nSPS) is 16.0. The van der Waals surface area contributed by atoms with Gasteiger partial charge in [0.1, 0.15) is 6.04 Å². The molecule has 0 saturated heterocycles. The fraction of sp³-hybridized carbons (Fsp3) is 0.343. The van der Waals surface area contributed by atoms with E-state index >= 15 is 0 Å². The van der Waals surface area contributed by atoms with Gasteiger partial charge in [0.15, 0.2) is 11.5 Å². The van der Waals surface area contributed by atoms with E-state index in [9.17, 15) is 14.4 Å². The molecule has 234 valence electrons. The van der Waals surface area contributed by atoms with Crippen molar-refractivity contribution in [2.75, 3.05) is 33.2 Å².